The van der Waals surface area contributed by atoms with Gasteiger partial charge < -0.3 is 9.73 Å². The van der Waals surface area contributed by atoms with E-state index < -0.39 is 0 Å². The number of anilines is 1. The van der Waals surface area contributed by atoms with Gasteiger partial charge in [-0.05, 0) is 34.9 Å². The Labute approximate surface area is 183 Å². The molecule has 152 valence electrons. The highest BCUT2D eigenvalue weighted by Gasteiger charge is 2.11. The zero-order chi connectivity index (χ0) is 21.6. The fourth-order valence-corrected chi connectivity index (χ4v) is 3.67. The van der Waals surface area contributed by atoms with Crippen molar-refractivity contribution >= 4 is 23.5 Å². The fraction of sp³-hybridized carbons (Fsp3) is 0.0870. The zero-order valence-electron chi connectivity index (χ0n) is 16.6. The van der Waals surface area contributed by atoms with E-state index in [4.69, 9.17) is 4.42 Å². The first kappa shape index (κ1) is 20.3. The lowest BCUT2D eigenvalue weighted by molar-refractivity contribution is -0.114. The number of nitrogens with zero attached hydrogens (tertiary/aromatic N) is 4. The molecule has 1 N–H and O–H groups in total. The van der Waals surface area contributed by atoms with E-state index in [1.54, 1.807) is 18.3 Å². The Kier molecular flexibility index (Phi) is 6.05. The van der Waals surface area contributed by atoms with Crippen molar-refractivity contribution in [3.05, 3.63) is 78.0 Å². The number of benzene rings is 2. The summed E-state index contributed by atoms with van der Waals surface area (Å²) in [6.45, 7) is 1.42. The largest absolute Gasteiger partial charge is 0.411 e. The average Bonchev–Trinajstić information content (AvgIpc) is 3.27. The van der Waals surface area contributed by atoms with Crippen LogP contribution in [-0.2, 0) is 10.5 Å². The topological polar surface area (TPSA) is 105 Å². The Morgan fingerprint density at radius 1 is 1.10 bits per heavy atom. The Bertz CT molecular complexity index is 1260. The lowest BCUT2D eigenvalue weighted by atomic mass is 10.00. The number of pyridine rings is 1. The molecule has 4 aromatic rings. The van der Waals surface area contributed by atoms with Gasteiger partial charge in [-0.15, -0.1) is 10.2 Å². The number of nitriles is 1. The SMILES string of the molecule is CC(=O)Nc1cc(-c2nnc(SCc3ccc(-c4ccccc4C#N)cc3)o2)ccn1. The number of nitrogens with one attached hydrogen (secondary N) is 1. The van der Waals surface area contributed by atoms with Crippen LogP contribution in [0.2, 0.25) is 0 Å². The highest BCUT2D eigenvalue weighted by atomic mass is 32.2. The molecule has 0 atom stereocenters. The minimum Gasteiger partial charge on any atom is -0.411 e. The predicted octanol–water partition coefficient (Wildman–Crippen LogP) is 4.92. The van der Waals surface area contributed by atoms with Crippen molar-refractivity contribution < 1.29 is 9.21 Å². The summed E-state index contributed by atoms with van der Waals surface area (Å²) >= 11 is 1.44. The van der Waals surface area contributed by atoms with Gasteiger partial charge in [-0.2, -0.15) is 5.26 Å². The monoisotopic (exact) mass is 427 g/mol. The highest BCUT2D eigenvalue weighted by Crippen LogP contribution is 2.28. The molecule has 31 heavy (non-hydrogen) atoms. The Hall–Kier alpha value is -3.96. The Morgan fingerprint density at radius 3 is 2.68 bits per heavy atom. The smallest absolute Gasteiger partial charge is 0.277 e. The Balaban J connectivity index is 1.42. The molecule has 2 aromatic heterocycles. The summed E-state index contributed by atoms with van der Waals surface area (Å²) in [7, 11) is 0. The molecule has 0 spiro atoms. The maximum absolute atomic E-state index is 11.2. The molecule has 1 amide bonds. The first-order valence-electron chi connectivity index (χ1n) is 9.41. The van der Waals surface area contributed by atoms with Gasteiger partial charge in [0.05, 0.1) is 11.6 Å². The van der Waals surface area contributed by atoms with Gasteiger partial charge >= 0.3 is 0 Å². The standard InChI is InChI=1S/C23H17N5O2S/c1-15(29)26-21-12-18(10-11-25-21)22-27-28-23(30-22)31-14-16-6-8-17(9-7-16)20-5-3-2-4-19(20)13-24/h2-12H,14H2,1H3,(H,25,26,29). The average molecular weight is 427 g/mol. The molecule has 0 unspecified atom stereocenters. The van der Waals surface area contributed by atoms with Crippen molar-refractivity contribution in [2.75, 3.05) is 5.32 Å². The van der Waals surface area contributed by atoms with Gasteiger partial charge in [-0.1, -0.05) is 54.2 Å². The molecule has 7 nitrogen and oxygen atoms in total. The van der Waals surface area contributed by atoms with E-state index in [0.29, 0.717) is 33.8 Å². The second kappa shape index (κ2) is 9.24. The third-order valence-corrected chi connectivity index (χ3v) is 5.28. The summed E-state index contributed by atoms with van der Waals surface area (Å²) in [5.74, 6) is 1.25. The number of rotatable bonds is 6. The van der Waals surface area contributed by atoms with E-state index >= 15 is 0 Å². The van der Waals surface area contributed by atoms with Gasteiger partial charge in [0.2, 0.25) is 11.8 Å². The van der Waals surface area contributed by atoms with E-state index in [1.807, 2.05) is 48.5 Å². The van der Waals surface area contributed by atoms with Crippen molar-refractivity contribution in [2.24, 2.45) is 0 Å². The molecular formula is C23H17N5O2S. The summed E-state index contributed by atoms with van der Waals surface area (Å²) in [4.78, 5) is 15.3. The van der Waals surface area contributed by atoms with Crippen LogP contribution in [0.3, 0.4) is 0 Å². The van der Waals surface area contributed by atoms with Gasteiger partial charge in [0, 0.05) is 24.4 Å². The summed E-state index contributed by atoms with van der Waals surface area (Å²) in [5.41, 5.74) is 4.35. The molecule has 0 aliphatic heterocycles. The number of carbonyl (C=O) groups is 1. The van der Waals surface area contributed by atoms with Gasteiger partial charge in [0.25, 0.3) is 5.22 Å². The van der Waals surface area contributed by atoms with E-state index in [2.05, 4.69) is 26.6 Å². The quantitative estimate of drug-likeness (QED) is 0.435. The lowest BCUT2D eigenvalue weighted by Gasteiger charge is -2.05. The molecule has 2 aromatic carbocycles. The molecule has 0 aliphatic carbocycles. The number of aromatic nitrogens is 3. The van der Waals surface area contributed by atoms with E-state index in [0.717, 1.165) is 16.7 Å². The summed E-state index contributed by atoms with van der Waals surface area (Å²) in [6, 6.07) is 21.3. The van der Waals surface area contributed by atoms with Gasteiger partial charge in [0.1, 0.15) is 5.82 Å². The first-order valence-corrected chi connectivity index (χ1v) is 10.4. The maximum atomic E-state index is 11.2. The van der Waals surface area contributed by atoms with Crippen LogP contribution in [-0.4, -0.2) is 21.1 Å². The maximum Gasteiger partial charge on any atom is 0.277 e. The summed E-state index contributed by atoms with van der Waals surface area (Å²) in [5, 5.41) is 20.5. The number of hydrogen-bond donors (Lipinski definition) is 1. The van der Waals surface area contributed by atoms with Crippen molar-refractivity contribution in [3.63, 3.8) is 0 Å². The molecule has 4 rings (SSSR count). The number of carbonyl (C=O) groups excluding carboxylic acids is 1. The zero-order valence-corrected chi connectivity index (χ0v) is 17.4. The van der Waals surface area contributed by atoms with Gasteiger partial charge in [-0.3, -0.25) is 4.79 Å². The minimum atomic E-state index is -0.200. The van der Waals surface area contributed by atoms with Crippen LogP contribution < -0.4 is 5.32 Å². The van der Waals surface area contributed by atoms with Crippen LogP contribution in [0.15, 0.2) is 76.5 Å². The van der Waals surface area contributed by atoms with Crippen molar-refractivity contribution in [2.45, 2.75) is 17.9 Å². The third kappa shape index (κ3) is 4.97. The second-order valence-corrected chi connectivity index (χ2v) is 7.55. The van der Waals surface area contributed by atoms with Crippen LogP contribution in [0.1, 0.15) is 18.1 Å². The normalized spacial score (nSPS) is 10.5. The van der Waals surface area contributed by atoms with Crippen LogP contribution in [0, 0.1) is 11.3 Å². The van der Waals surface area contributed by atoms with Crippen molar-refractivity contribution in [1.29, 1.82) is 5.26 Å². The molecule has 0 saturated heterocycles. The Morgan fingerprint density at radius 2 is 1.90 bits per heavy atom. The van der Waals surface area contributed by atoms with E-state index in [9.17, 15) is 10.1 Å². The molecule has 0 radical (unpaired) electrons. The number of thioether (sulfide) groups is 1. The molecule has 0 fully saturated rings. The molecule has 0 aliphatic rings. The van der Waals surface area contributed by atoms with Gasteiger partial charge in [-0.25, -0.2) is 4.98 Å². The van der Waals surface area contributed by atoms with Crippen molar-refractivity contribution in [3.8, 4) is 28.7 Å². The van der Waals surface area contributed by atoms with Crippen LogP contribution in [0.25, 0.3) is 22.6 Å². The molecule has 8 heteroatoms. The number of amides is 1. The predicted molar refractivity (Wildman–Crippen MR) is 118 cm³/mol. The second-order valence-electron chi connectivity index (χ2n) is 6.63. The first-order chi connectivity index (χ1) is 15.1. The minimum absolute atomic E-state index is 0.200. The van der Waals surface area contributed by atoms with Crippen molar-refractivity contribution in [1.82, 2.24) is 15.2 Å². The van der Waals surface area contributed by atoms with Crippen LogP contribution in [0.4, 0.5) is 5.82 Å². The van der Waals surface area contributed by atoms with E-state index in [1.165, 1.54) is 18.7 Å². The molecule has 0 bridgehead atoms. The summed E-state index contributed by atoms with van der Waals surface area (Å²) < 4.78 is 5.74. The highest BCUT2D eigenvalue weighted by molar-refractivity contribution is 7.98. The third-order valence-electron chi connectivity index (χ3n) is 4.39. The van der Waals surface area contributed by atoms with E-state index in [-0.39, 0.29) is 5.91 Å². The van der Waals surface area contributed by atoms with Crippen LogP contribution in [0.5, 0.6) is 0 Å². The molecule has 2 heterocycles. The lowest BCUT2D eigenvalue weighted by Crippen LogP contribution is -2.07. The molecular weight excluding hydrogens is 410 g/mol. The van der Waals surface area contributed by atoms with Crippen LogP contribution >= 0.6 is 11.8 Å². The molecule has 0 saturated carbocycles. The fourth-order valence-electron chi connectivity index (χ4n) is 2.95. The number of hydrogen-bond acceptors (Lipinski definition) is 7. The summed E-state index contributed by atoms with van der Waals surface area (Å²) in [6.07, 6.45) is 1.57. The van der Waals surface area contributed by atoms with Gasteiger partial charge in [0.15, 0.2) is 0 Å².